The lowest BCUT2D eigenvalue weighted by molar-refractivity contribution is -0.704. The maximum atomic E-state index is 4.02. The highest BCUT2D eigenvalue weighted by atomic mass is 14.9. The molecule has 0 aliphatic carbocycles. The summed E-state index contributed by atoms with van der Waals surface area (Å²) in [5.74, 6) is 0. The van der Waals surface area contributed by atoms with Crippen molar-refractivity contribution in [3.05, 3.63) is 36.2 Å². The van der Waals surface area contributed by atoms with Gasteiger partial charge in [0.05, 0.1) is 0 Å². The van der Waals surface area contributed by atoms with E-state index in [9.17, 15) is 0 Å². The van der Waals surface area contributed by atoms with Gasteiger partial charge in [0.2, 0.25) is 0 Å². The van der Waals surface area contributed by atoms with Crippen LogP contribution in [0.3, 0.4) is 0 Å². The van der Waals surface area contributed by atoms with Crippen LogP contribution in [0.4, 0.5) is 0 Å². The van der Waals surface area contributed by atoms with Crippen LogP contribution >= 0.6 is 0 Å². The summed E-state index contributed by atoms with van der Waals surface area (Å²) in [7, 11) is 0. The van der Waals surface area contributed by atoms with Gasteiger partial charge in [-0.25, -0.2) is 4.57 Å². The molecule has 1 heterocycles. The first-order valence-corrected chi connectivity index (χ1v) is 20.5. The highest BCUT2D eigenvalue weighted by Gasteiger charge is 2.11. The maximum absolute atomic E-state index is 4.02. The third-order valence-electron chi connectivity index (χ3n) is 9.92. The summed E-state index contributed by atoms with van der Waals surface area (Å²) in [6, 6.07) is 4.64. The molecule has 0 fully saturated rings. The Morgan fingerprint density at radius 1 is 0.455 bits per heavy atom. The number of hydrogen-bond donors (Lipinski definition) is 0. The van der Waals surface area contributed by atoms with E-state index in [4.69, 9.17) is 0 Å². The van der Waals surface area contributed by atoms with Crippen molar-refractivity contribution in [1.82, 2.24) is 0 Å². The fourth-order valence-electron chi connectivity index (χ4n) is 6.84. The van der Waals surface area contributed by atoms with Crippen LogP contribution in [-0.4, -0.2) is 0 Å². The van der Waals surface area contributed by atoms with Crippen molar-refractivity contribution in [1.29, 1.82) is 0 Å². The summed E-state index contributed by atoms with van der Waals surface area (Å²) in [5.41, 5.74) is 2.80. The van der Waals surface area contributed by atoms with E-state index >= 15 is 0 Å². The van der Waals surface area contributed by atoms with Gasteiger partial charge in [0, 0.05) is 25.0 Å². The van der Waals surface area contributed by atoms with Crippen LogP contribution in [0.15, 0.2) is 24.9 Å². The normalized spacial score (nSPS) is 11.4. The molecule has 0 aliphatic rings. The second-order valence-corrected chi connectivity index (χ2v) is 14.2. The Morgan fingerprint density at radius 2 is 0.773 bits per heavy atom. The largest absolute Gasteiger partial charge is 0.202 e. The molecular formula is C43H80N+. The molecule has 256 valence electrons. The van der Waals surface area contributed by atoms with Gasteiger partial charge >= 0.3 is 0 Å². The van der Waals surface area contributed by atoms with Gasteiger partial charge < -0.3 is 0 Å². The molecule has 0 radical (unpaired) electrons. The van der Waals surface area contributed by atoms with E-state index in [0.29, 0.717) is 0 Å². The van der Waals surface area contributed by atoms with E-state index in [2.05, 4.69) is 43.3 Å². The minimum absolute atomic E-state index is 1.18. The molecule has 1 heteroatoms. The predicted octanol–water partition coefficient (Wildman–Crippen LogP) is 14.7. The molecule has 0 saturated carbocycles. The van der Waals surface area contributed by atoms with Crippen molar-refractivity contribution in [2.45, 2.75) is 232 Å². The number of nitrogens with zero attached hydrogens (tertiary/aromatic N) is 1. The standard InChI is InChI=1S/C43H80N/c1-4-7-9-11-13-15-17-19-21-23-25-27-29-31-33-35-37-43-41-42(6-3)38-40-44(43)39-36-34-32-30-28-26-24-22-20-18-16-14-12-10-8-5-2/h6,38,40-41H,3-5,7-37,39H2,1-2H3/q+1. The molecule has 0 spiro atoms. The molecule has 1 nitrogen and oxygen atoms in total. The van der Waals surface area contributed by atoms with Gasteiger partial charge in [-0.05, 0) is 18.4 Å². The Bertz CT molecular complexity index is 722. The van der Waals surface area contributed by atoms with Crippen LogP contribution in [0.25, 0.3) is 6.08 Å². The maximum Gasteiger partial charge on any atom is 0.181 e. The molecule has 0 aromatic carbocycles. The molecular weight excluding hydrogens is 530 g/mol. The summed E-state index contributed by atoms with van der Waals surface area (Å²) in [5, 5.41) is 0. The quantitative estimate of drug-likeness (QED) is 0.0531. The summed E-state index contributed by atoms with van der Waals surface area (Å²) in [6.07, 6.45) is 51.5. The zero-order valence-electron chi connectivity index (χ0n) is 30.5. The summed E-state index contributed by atoms with van der Waals surface area (Å²) in [6.45, 7) is 9.82. The molecule has 1 aromatic rings. The van der Waals surface area contributed by atoms with Crippen molar-refractivity contribution in [3.8, 4) is 0 Å². The summed E-state index contributed by atoms with van der Waals surface area (Å²) >= 11 is 0. The lowest BCUT2D eigenvalue weighted by Gasteiger charge is -2.07. The third kappa shape index (κ3) is 26.1. The Hall–Kier alpha value is -1.11. The summed E-state index contributed by atoms with van der Waals surface area (Å²) in [4.78, 5) is 0. The first-order valence-electron chi connectivity index (χ1n) is 20.5. The van der Waals surface area contributed by atoms with Crippen molar-refractivity contribution in [3.63, 3.8) is 0 Å². The van der Waals surface area contributed by atoms with Gasteiger partial charge in [0.15, 0.2) is 11.9 Å². The first kappa shape index (κ1) is 40.9. The highest BCUT2D eigenvalue weighted by molar-refractivity contribution is 5.45. The molecule has 0 atom stereocenters. The van der Waals surface area contributed by atoms with Crippen LogP contribution in [0.5, 0.6) is 0 Å². The fourth-order valence-corrected chi connectivity index (χ4v) is 6.84. The van der Waals surface area contributed by atoms with E-state index in [0.717, 1.165) is 0 Å². The smallest absolute Gasteiger partial charge is 0.181 e. The third-order valence-corrected chi connectivity index (χ3v) is 9.92. The second-order valence-electron chi connectivity index (χ2n) is 14.2. The number of pyridine rings is 1. The minimum Gasteiger partial charge on any atom is -0.202 e. The monoisotopic (exact) mass is 611 g/mol. The van der Waals surface area contributed by atoms with E-state index < -0.39 is 0 Å². The average Bonchev–Trinajstić information content (AvgIpc) is 3.04. The topological polar surface area (TPSA) is 3.88 Å². The molecule has 0 bridgehead atoms. The zero-order valence-corrected chi connectivity index (χ0v) is 30.5. The molecule has 1 aromatic heterocycles. The lowest BCUT2D eigenvalue weighted by Crippen LogP contribution is -2.38. The van der Waals surface area contributed by atoms with Gasteiger partial charge in [0.25, 0.3) is 0 Å². The van der Waals surface area contributed by atoms with Crippen molar-refractivity contribution >= 4 is 6.08 Å². The molecule has 0 N–H and O–H groups in total. The lowest BCUT2D eigenvalue weighted by atomic mass is 10.0. The van der Waals surface area contributed by atoms with Crippen LogP contribution in [0, 0.1) is 0 Å². The molecule has 44 heavy (non-hydrogen) atoms. The molecule has 0 aliphatic heterocycles. The molecule has 0 saturated heterocycles. The van der Waals surface area contributed by atoms with Gasteiger partial charge in [-0.15, -0.1) is 0 Å². The molecule has 0 unspecified atom stereocenters. The minimum atomic E-state index is 1.18. The highest BCUT2D eigenvalue weighted by Crippen LogP contribution is 2.16. The van der Waals surface area contributed by atoms with Crippen LogP contribution in [0.2, 0.25) is 0 Å². The number of rotatable bonds is 35. The van der Waals surface area contributed by atoms with E-state index in [1.54, 1.807) is 0 Å². The van der Waals surface area contributed by atoms with Gasteiger partial charge in [-0.1, -0.05) is 213 Å². The first-order chi connectivity index (χ1) is 21.8. The predicted molar refractivity (Wildman–Crippen MR) is 200 cm³/mol. The summed E-state index contributed by atoms with van der Waals surface area (Å²) < 4.78 is 2.54. The van der Waals surface area contributed by atoms with Crippen LogP contribution in [0.1, 0.15) is 231 Å². The van der Waals surface area contributed by atoms with Gasteiger partial charge in [-0.2, -0.15) is 0 Å². The Kier molecular flexibility index (Phi) is 30.9. The van der Waals surface area contributed by atoms with Crippen molar-refractivity contribution < 1.29 is 4.57 Å². The number of unbranched alkanes of at least 4 members (excludes halogenated alkanes) is 30. The molecule has 0 amide bonds. The van der Waals surface area contributed by atoms with Crippen molar-refractivity contribution in [2.75, 3.05) is 0 Å². The van der Waals surface area contributed by atoms with Gasteiger partial charge in [0.1, 0.15) is 6.54 Å². The Balaban J connectivity index is 2.00. The Morgan fingerprint density at radius 3 is 1.11 bits per heavy atom. The van der Waals surface area contributed by atoms with Crippen LogP contribution in [-0.2, 0) is 13.0 Å². The fraction of sp³-hybridized carbons (Fsp3) is 0.837. The average molecular weight is 611 g/mol. The SMILES string of the molecule is C=Cc1cc[n+](CCCCCCCCCCCCCCCCCC)c(CCCCCCCCCCCCCCCCCC)c1. The molecule has 1 rings (SSSR count). The van der Waals surface area contributed by atoms with Crippen molar-refractivity contribution in [2.24, 2.45) is 0 Å². The second kappa shape index (κ2) is 33.3. The number of hydrogen-bond acceptors (Lipinski definition) is 0. The van der Waals surface area contributed by atoms with Gasteiger partial charge in [-0.3, -0.25) is 0 Å². The zero-order chi connectivity index (χ0) is 31.6. The van der Waals surface area contributed by atoms with E-state index in [1.807, 2.05) is 6.08 Å². The van der Waals surface area contributed by atoms with Crippen LogP contribution < -0.4 is 4.57 Å². The number of aromatic nitrogens is 1. The van der Waals surface area contributed by atoms with E-state index in [1.165, 1.54) is 230 Å². The Labute approximate surface area is 278 Å². The number of aryl methyl sites for hydroxylation is 2. The van der Waals surface area contributed by atoms with E-state index in [-0.39, 0.29) is 0 Å².